The van der Waals surface area contributed by atoms with Gasteiger partial charge in [-0.25, -0.2) is 0 Å². The molecular weight excluding hydrogens is 356 g/mol. The second-order valence-electron chi connectivity index (χ2n) is 12.6. The van der Waals surface area contributed by atoms with Gasteiger partial charge in [0.1, 0.15) is 5.78 Å². The average Bonchev–Trinajstić information content (AvgIpc) is 2.99. The average molecular weight is 403 g/mol. The predicted octanol–water partition coefficient (Wildman–Crippen LogP) is 6.79. The van der Waals surface area contributed by atoms with Crippen molar-refractivity contribution in [2.45, 2.75) is 117 Å². The molecule has 0 amide bonds. The van der Waals surface area contributed by atoms with Crippen molar-refractivity contribution in [1.29, 1.82) is 0 Å². The second kappa shape index (κ2) is 7.64. The third-order valence-corrected chi connectivity index (χ3v) is 10.8. The summed E-state index contributed by atoms with van der Waals surface area (Å²) in [6, 6.07) is 0. The number of hydrogen-bond acceptors (Lipinski definition) is 2. The zero-order valence-corrected chi connectivity index (χ0v) is 19.8. The van der Waals surface area contributed by atoms with Crippen LogP contribution in [0, 0.1) is 46.3 Å². The van der Waals surface area contributed by atoms with Crippen molar-refractivity contribution in [3.05, 3.63) is 0 Å². The topological polar surface area (TPSA) is 37.3 Å². The second-order valence-corrected chi connectivity index (χ2v) is 12.6. The molecule has 1 N–H and O–H groups in total. The first-order valence-electron chi connectivity index (χ1n) is 12.8. The molecule has 4 saturated carbocycles. The number of carbonyl (C=O) groups excluding carboxylic acids is 1. The van der Waals surface area contributed by atoms with E-state index in [9.17, 15) is 9.90 Å². The maximum atomic E-state index is 12.1. The van der Waals surface area contributed by atoms with Gasteiger partial charge < -0.3 is 5.11 Å². The van der Waals surface area contributed by atoms with Crippen LogP contribution in [0.15, 0.2) is 0 Å². The molecule has 0 saturated heterocycles. The van der Waals surface area contributed by atoms with E-state index in [0.717, 1.165) is 48.9 Å². The van der Waals surface area contributed by atoms with Gasteiger partial charge in [0, 0.05) is 18.3 Å². The van der Waals surface area contributed by atoms with Crippen LogP contribution in [-0.2, 0) is 4.79 Å². The normalized spacial score (nSPS) is 48.2. The molecule has 0 aromatic rings. The van der Waals surface area contributed by atoms with Crippen LogP contribution in [0.3, 0.4) is 0 Å². The Morgan fingerprint density at radius 2 is 1.72 bits per heavy atom. The Kier molecular flexibility index (Phi) is 5.76. The number of carbonyl (C=O) groups is 1. The Morgan fingerprint density at radius 3 is 2.45 bits per heavy atom. The molecule has 0 aromatic heterocycles. The van der Waals surface area contributed by atoms with Crippen LogP contribution in [-0.4, -0.2) is 16.5 Å². The van der Waals surface area contributed by atoms with Crippen molar-refractivity contribution in [3.8, 4) is 0 Å². The lowest BCUT2D eigenvalue weighted by atomic mass is 9.43. The first-order valence-corrected chi connectivity index (χ1v) is 12.8. The van der Waals surface area contributed by atoms with Crippen LogP contribution in [0.5, 0.6) is 0 Å². The molecule has 2 heteroatoms. The van der Waals surface area contributed by atoms with Gasteiger partial charge in [0.25, 0.3) is 0 Å². The van der Waals surface area contributed by atoms with Crippen LogP contribution in [0.25, 0.3) is 0 Å². The molecule has 0 spiro atoms. The summed E-state index contributed by atoms with van der Waals surface area (Å²) in [5, 5.41) is 11.5. The minimum atomic E-state index is -0.723. The van der Waals surface area contributed by atoms with Gasteiger partial charge in [-0.2, -0.15) is 0 Å². The van der Waals surface area contributed by atoms with Crippen molar-refractivity contribution in [3.63, 3.8) is 0 Å². The van der Waals surface area contributed by atoms with E-state index in [1.807, 2.05) is 0 Å². The summed E-state index contributed by atoms with van der Waals surface area (Å²) in [5.41, 5.74) is -0.250. The molecule has 0 aliphatic heterocycles. The number of rotatable bonds is 5. The van der Waals surface area contributed by atoms with Gasteiger partial charge >= 0.3 is 0 Å². The molecule has 4 rings (SSSR count). The molecule has 0 bridgehead atoms. The fourth-order valence-corrected chi connectivity index (χ4v) is 9.06. The van der Waals surface area contributed by atoms with Crippen LogP contribution in [0.2, 0.25) is 0 Å². The van der Waals surface area contributed by atoms with Crippen LogP contribution < -0.4 is 0 Å². The van der Waals surface area contributed by atoms with E-state index in [1.54, 1.807) is 0 Å². The fraction of sp³-hybridized carbons (Fsp3) is 0.963. The molecule has 4 fully saturated rings. The first-order chi connectivity index (χ1) is 13.6. The van der Waals surface area contributed by atoms with Gasteiger partial charge in [-0.15, -0.1) is 0 Å². The third-order valence-electron chi connectivity index (χ3n) is 10.8. The van der Waals surface area contributed by atoms with Gasteiger partial charge in [0.15, 0.2) is 0 Å². The summed E-state index contributed by atoms with van der Waals surface area (Å²) in [6.07, 6.45) is 13.7. The lowest BCUT2D eigenvalue weighted by molar-refractivity contribution is -0.204. The number of aliphatic hydroxyl groups is 1. The lowest BCUT2D eigenvalue weighted by Crippen LogP contribution is -2.62. The van der Waals surface area contributed by atoms with E-state index < -0.39 is 5.60 Å². The molecule has 4 aliphatic carbocycles. The number of fused-ring (bicyclic) bond motifs is 5. The summed E-state index contributed by atoms with van der Waals surface area (Å²) >= 11 is 0. The maximum Gasteiger partial charge on any atom is 0.135 e. The Morgan fingerprint density at radius 1 is 0.966 bits per heavy atom. The van der Waals surface area contributed by atoms with Crippen molar-refractivity contribution < 1.29 is 9.90 Å². The third kappa shape index (κ3) is 3.44. The highest BCUT2D eigenvalue weighted by Crippen LogP contribution is 2.69. The van der Waals surface area contributed by atoms with E-state index in [4.69, 9.17) is 0 Å². The minimum absolute atomic E-state index is 0.0356. The molecule has 0 aromatic carbocycles. The van der Waals surface area contributed by atoms with E-state index in [-0.39, 0.29) is 5.41 Å². The fourth-order valence-electron chi connectivity index (χ4n) is 9.06. The van der Waals surface area contributed by atoms with Crippen LogP contribution in [0.4, 0.5) is 0 Å². The number of hydrogen-bond donors (Lipinski definition) is 1. The molecule has 0 unspecified atom stereocenters. The molecule has 0 radical (unpaired) electrons. The van der Waals surface area contributed by atoms with E-state index in [2.05, 4.69) is 34.6 Å². The highest BCUT2D eigenvalue weighted by atomic mass is 16.3. The molecule has 2 nitrogen and oxygen atoms in total. The van der Waals surface area contributed by atoms with Gasteiger partial charge in [-0.3, -0.25) is 4.79 Å². The van der Waals surface area contributed by atoms with Gasteiger partial charge in [-0.05, 0) is 85.9 Å². The summed E-state index contributed by atoms with van der Waals surface area (Å²) in [5.74, 6) is 5.11. The van der Waals surface area contributed by atoms with Crippen LogP contribution >= 0.6 is 0 Å². The summed E-state index contributed by atoms with van der Waals surface area (Å²) in [7, 11) is 0. The zero-order valence-electron chi connectivity index (χ0n) is 19.8. The summed E-state index contributed by atoms with van der Waals surface area (Å²) in [4.78, 5) is 12.1. The van der Waals surface area contributed by atoms with Crippen molar-refractivity contribution in [1.82, 2.24) is 0 Å². The largest absolute Gasteiger partial charge is 0.389 e. The van der Waals surface area contributed by atoms with Crippen molar-refractivity contribution in [2.75, 3.05) is 0 Å². The summed E-state index contributed by atoms with van der Waals surface area (Å²) < 4.78 is 0. The SMILES string of the molecule is CC(C)CCC[C@@H](C)[C@@H]1CC[C@@H]2[C@@H]3CC[C@@]4(O)CC(=O)CC[C@]4(C)[C@@H]3CC[C@]21C. The minimum Gasteiger partial charge on any atom is -0.389 e. The molecule has 0 heterocycles. The Balaban J connectivity index is 1.50. The Labute approximate surface area is 179 Å². The lowest BCUT2D eigenvalue weighted by Gasteiger charge is -2.63. The van der Waals surface area contributed by atoms with Crippen LogP contribution in [0.1, 0.15) is 112 Å². The van der Waals surface area contributed by atoms with Crippen molar-refractivity contribution >= 4 is 5.78 Å². The molecule has 8 atom stereocenters. The highest BCUT2D eigenvalue weighted by molar-refractivity contribution is 5.80. The quantitative estimate of drug-likeness (QED) is 0.549. The highest BCUT2D eigenvalue weighted by Gasteiger charge is 2.64. The monoisotopic (exact) mass is 402 g/mol. The Bertz CT molecular complexity index is 626. The van der Waals surface area contributed by atoms with Gasteiger partial charge in [-0.1, -0.05) is 53.9 Å². The van der Waals surface area contributed by atoms with E-state index in [0.29, 0.717) is 30.0 Å². The van der Waals surface area contributed by atoms with E-state index >= 15 is 0 Å². The molecule has 166 valence electrons. The van der Waals surface area contributed by atoms with Crippen molar-refractivity contribution in [2.24, 2.45) is 46.3 Å². The number of Topliss-reactive ketones (excluding diaryl/α,β-unsaturated/α-hetero) is 1. The van der Waals surface area contributed by atoms with Gasteiger partial charge in [0.05, 0.1) is 5.60 Å². The van der Waals surface area contributed by atoms with Gasteiger partial charge in [0.2, 0.25) is 0 Å². The maximum absolute atomic E-state index is 12.1. The molecule has 29 heavy (non-hydrogen) atoms. The Hall–Kier alpha value is -0.370. The summed E-state index contributed by atoms with van der Waals surface area (Å²) in [6.45, 7) is 12.2. The standard InChI is InChI=1S/C27H46O2/c1-18(2)7-6-8-19(3)22-9-10-23-21-12-16-27(29)17-20(28)11-15-26(27,5)24(21)13-14-25(22,23)4/h18-19,21-24,29H,6-17H2,1-5H3/t19-,21+,22+,23-,24-,25+,26-,27-/m1/s1. The smallest absolute Gasteiger partial charge is 0.135 e. The first kappa shape index (κ1) is 21.8. The number of ketones is 1. The molecule has 4 aliphatic rings. The van der Waals surface area contributed by atoms with E-state index in [1.165, 1.54) is 44.9 Å². The predicted molar refractivity (Wildman–Crippen MR) is 120 cm³/mol. The zero-order chi connectivity index (χ0) is 21.0. The molecular formula is C27H46O2.